The van der Waals surface area contributed by atoms with Crippen molar-refractivity contribution in [1.29, 1.82) is 0 Å². The molecule has 0 spiro atoms. The molecular weight excluding hydrogens is 366 g/mol. The van der Waals surface area contributed by atoms with E-state index in [0.717, 1.165) is 22.2 Å². The van der Waals surface area contributed by atoms with E-state index in [4.69, 9.17) is 9.40 Å². The molecule has 0 radical (unpaired) electrons. The molecule has 2 aromatic heterocycles. The second-order valence-corrected chi connectivity index (χ2v) is 10.1. The maximum atomic E-state index is 6.22. The molecule has 0 aliphatic heterocycles. The minimum atomic E-state index is -0.185. The second kappa shape index (κ2) is 5.51. The van der Waals surface area contributed by atoms with Gasteiger partial charge in [-0.25, -0.2) is 0 Å². The first kappa shape index (κ1) is 17.7. The third-order valence-corrected chi connectivity index (χ3v) is 6.85. The van der Waals surface area contributed by atoms with Crippen molar-refractivity contribution >= 4 is 32.7 Å². The van der Waals surface area contributed by atoms with Crippen molar-refractivity contribution in [1.82, 2.24) is 4.98 Å². The molecule has 0 fully saturated rings. The molecular formula is C28H25NO. The molecule has 1 aliphatic rings. The zero-order valence-electron chi connectivity index (χ0n) is 18.1. The highest BCUT2D eigenvalue weighted by Gasteiger charge is 2.35. The lowest BCUT2D eigenvalue weighted by molar-refractivity contribution is 0.591. The molecule has 2 heterocycles. The summed E-state index contributed by atoms with van der Waals surface area (Å²) in [6, 6.07) is 19.9. The highest BCUT2D eigenvalue weighted by atomic mass is 16.3. The van der Waals surface area contributed by atoms with Gasteiger partial charge in [-0.05, 0) is 45.0 Å². The van der Waals surface area contributed by atoms with Crippen molar-refractivity contribution < 1.29 is 4.42 Å². The Kier molecular flexibility index (Phi) is 3.25. The van der Waals surface area contributed by atoms with Gasteiger partial charge < -0.3 is 4.42 Å². The summed E-state index contributed by atoms with van der Waals surface area (Å²) < 4.78 is 6.22. The zero-order valence-corrected chi connectivity index (χ0v) is 18.1. The van der Waals surface area contributed by atoms with E-state index in [1.54, 1.807) is 0 Å². The van der Waals surface area contributed by atoms with E-state index in [9.17, 15) is 0 Å². The van der Waals surface area contributed by atoms with Gasteiger partial charge in [-0.1, -0.05) is 77.1 Å². The van der Waals surface area contributed by atoms with Gasteiger partial charge in [0.1, 0.15) is 11.2 Å². The lowest BCUT2D eigenvalue weighted by Gasteiger charge is -2.30. The standard InChI is InChI=1S/C28H25NO/c1-27(2,3)17-10-12-18-16(15-17)9-11-19-25(18)28(4,5)20-7-6-8-21-23(20)24-22(30-21)13-14-29-26(19)24/h6-15H,1-5H3. The van der Waals surface area contributed by atoms with Gasteiger partial charge in [0.15, 0.2) is 0 Å². The highest BCUT2D eigenvalue weighted by molar-refractivity contribution is 6.15. The van der Waals surface area contributed by atoms with Crippen LogP contribution in [-0.2, 0) is 10.8 Å². The summed E-state index contributed by atoms with van der Waals surface area (Å²) in [6.07, 6.45) is 1.87. The van der Waals surface area contributed by atoms with Crippen LogP contribution in [0.4, 0.5) is 0 Å². The lowest BCUT2D eigenvalue weighted by atomic mass is 9.73. The summed E-state index contributed by atoms with van der Waals surface area (Å²) in [5, 5.41) is 4.94. The maximum absolute atomic E-state index is 6.22. The van der Waals surface area contributed by atoms with Gasteiger partial charge in [-0.3, -0.25) is 4.98 Å². The molecule has 0 unspecified atom stereocenters. The number of rotatable bonds is 0. The van der Waals surface area contributed by atoms with Crippen molar-refractivity contribution in [3.8, 4) is 11.3 Å². The van der Waals surface area contributed by atoms with Crippen LogP contribution in [0.15, 0.2) is 65.2 Å². The second-order valence-electron chi connectivity index (χ2n) is 10.1. The first-order chi connectivity index (χ1) is 14.3. The molecule has 2 nitrogen and oxygen atoms in total. The average Bonchev–Trinajstić information content (AvgIpc) is 3.06. The third-order valence-electron chi connectivity index (χ3n) is 6.85. The van der Waals surface area contributed by atoms with Crippen molar-refractivity contribution in [2.24, 2.45) is 0 Å². The molecule has 30 heavy (non-hydrogen) atoms. The molecule has 5 aromatic rings. The first-order valence-electron chi connectivity index (χ1n) is 10.7. The van der Waals surface area contributed by atoms with Gasteiger partial charge in [-0.2, -0.15) is 0 Å². The normalized spacial score (nSPS) is 15.1. The molecule has 1 aliphatic carbocycles. The highest BCUT2D eigenvalue weighted by Crippen LogP contribution is 2.51. The maximum Gasteiger partial charge on any atom is 0.139 e. The van der Waals surface area contributed by atoms with Crippen LogP contribution in [-0.4, -0.2) is 4.98 Å². The fourth-order valence-electron chi connectivity index (χ4n) is 5.29. The van der Waals surface area contributed by atoms with E-state index >= 15 is 0 Å². The minimum Gasteiger partial charge on any atom is -0.456 e. The summed E-state index contributed by atoms with van der Waals surface area (Å²) in [4.78, 5) is 4.86. The summed E-state index contributed by atoms with van der Waals surface area (Å²) >= 11 is 0. The number of nitrogens with zero attached hydrogens (tertiary/aromatic N) is 1. The van der Waals surface area contributed by atoms with E-state index in [1.807, 2.05) is 12.3 Å². The predicted molar refractivity (Wildman–Crippen MR) is 125 cm³/mol. The van der Waals surface area contributed by atoms with Crippen LogP contribution in [0.5, 0.6) is 0 Å². The van der Waals surface area contributed by atoms with Gasteiger partial charge in [0.2, 0.25) is 0 Å². The molecule has 0 saturated carbocycles. The molecule has 148 valence electrons. The van der Waals surface area contributed by atoms with Crippen LogP contribution in [0.2, 0.25) is 0 Å². The fourth-order valence-corrected chi connectivity index (χ4v) is 5.29. The van der Waals surface area contributed by atoms with E-state index in [0.29, 0.717) is 0 Å². The summed E-state index contributed by atoms with van der Waals surface area (Å²) in [5.74, 6) is 0. The monoisotopic (exact) mass is 391 g/mol. The number of hydrogen-bond donors (Lipinski definition) is 0. The Labute approximate surface area is 176 Å². The Morgan fingerprint density at radius 3 is 2.47 bits per heavy atom. The topological polar surface area (TPSA) is 26.0 Å². The molecule has 0 atom stereocenters. The van der Waals surface area contributed by atoms with E-state index in [1.165, 1.54) is 38.4 Å². The van der Waals surface area contributed by atoms with Crippen LogP contribution < -0.4 is 0 Å². The van der Waals surface area contributed by atoms with Crippen molar-refractivity contribution in [3.05, 3.63) is 77.5 Å². The van der Waals surface area contributed by atoms with Crippen LogP contribution in [0.3, 0.4) is 0 Å². The van der Waals surface area contributed by atoms with Crippen molar-refractivity contribution in [3.63, 3.8) is 0 Å². The molecule has 0 bridgehead atoms. The van der Waals surface area contributed by atoms with E-state index < -0.39 is 0 Å². The van der Waals surface area contributed by atoms with Gasteiger partial charge in [0, 0.05) is 22.6 Å². The number of hydrogen-bond acceptors (Lipinski definition) is 2. The lowest BCUT2D eigenvalue weighted by Crippen LogP contribution is -2.20. The van der Waals surface area contributed by atoms with Gasteiger partial charge in [0.05, 0.1) is 11.1 Å². The van der Waals surface area contributed by atoms with E-state index in [-0.39, 0.29) is 10.8 Å². The number of benzene rings is 3. The molecule has 3 aromatic carbocycles. The van der Waals surface area contributed by atoms with Gasteiger partial charge >= 0.3 is 0 Å². The van der Waals surface area contributed by atoms with Crippen LogP contribution in [0.25, 0.3) is 44.0 Å². The SMILES string of the molecule is CC(C)(C)c1ccc2c3c(ccc2c1)-c1nccc2oc4cccc(c4c12)C3(C)C. The third kappa shape index (κ3) is 2.17. The molecule has 0 saturated heterocycles. The largest absolute Gasteiger partial charge is 0.456 e. The number of pyridine rings is 1. The Bertz CT molecular complexity index is 1490. The average molecular weight is 392 g/mol. The number of fused-ring (bicyclic) bond motifs is 4. The fraction of sp³-hybridized carbons (Fsp3) is 0.250. The molecule has 6 rings (SSSR count). The Hall–Kier alpha value is -3.13. The minimum absolute atomic E-state index is 0.124. The van der Waals surface area contributed by atoms with Crippen LogP contribution in [0, 0.1) is 0 Å². The quantitative estimate of drug-likeness (QED) is 0.270. The first-order valence-corrected chi connectivity index (χ1v) is 10.7. The van der Waals surface area contributed by atoms with Crippen LogP contribution in [0.1, 0.15) is 51.3 Å². The summed E-state index contributed by atoms with van der Waals surface area (Å²) in [5.41, 5.74) is 8.05. The Morgan fingerprint density at radius 1 is 0.867 bits per heavy atom. The van der Waals surface area contributed by atoms with Gasteiger partial charge in [0.25, 0.3) is 0 Å². The number of aromatic nitrogens is 1. The smallest absolute Gasteiger partial charge is 0.139 e. The Balaban J connectivity index is 1.81. The number of furan rings is 1. The molecule has 0 N–H and O–H groups in total. The Morgan fingerprint density at radius 2 is 1.67 bits per heavy atom. The zero-order chi connectivity index (χ0) is 20.8. The van der Waals surface area contributed by atoms with E-state index in [2.05, 4.69) is 83.1 Å². The predicted octanol–water partition coefficient (Wildman–Crippen LogP) is 7.74. The van der Waals surface area contributed by atoms with Crippen molar-refractivity contribution in [2.45, 2.75) is 45.4 Å². The van der Waals surface area contributed by atoms with Crippen molar-refractivity contribution in [2.75, 3.05) is 0 Å². The molecule has 0 amide bonds. The summed E-state index contributed by atoms with van der Waals surface area (Å²) in [7, 11) is 0. The van der Waals surface area contributed by atoms with Crippen LogP contribution >= 0.6 is 0 Å². The molecule has 2 heteroatoms. The summed E-state index contributed by atoms with van der Waals surface area (Å²) in [6.45, 7) is 11.5. The van der Waals surface area contributed by atoms with Gasteiger partial charge in [-0.15, -0.1) is 0 Å².